The van der Waals surface area contributed by atoms with E-state index in [9.17, 15) is 4.79 Å². The molecule has 3 nitrogen and oxygen atoms in total. The minimum Gasteiger partial charge on any atom is -0.332 e. The molecule has 27 heavy (non-hydrogen) atoms. The highest BCUT2D eigenvalue weighted by atomic mass is 35.5. The van der Waals surface area contributed by atoms with Crippen molar-refractivity contribution >= 4 is 62.1 Å². The topological polar surface area (TPSA) is 41.1 Å². The lowest BCUT2D eigenvalue weighted by atomic mass is 10.0. The molecule has 0 aliphatic heterocycles. The number of thiocarbonyl (C=S) groups is 1. The number of fused-ring (bicyclic) bond motifs is 2. The van der Waals surface area contributed by atoms with Crippen LogP contribution >= 0.6 is 23.8 Å². The zero-order valence-electron chi connectivity index (χ0n) is 14.2. The molecule has 0 atom stereocenters. The summed E-state index contributed by atoms with van der Waals surface area (Å²) < 4.78 is 0. The minimum absolute atomic E-state index is 0.246. The van der Waals surface area contributed by atoms with Gasteiger partial charge in [0.1, 0.15) is 0 Å². The van der Waals surface area contributed by atoms with Crippen molar-refractivity contribution < 1.29 is 4.79 Å². The molecule has 0 spiro atoms. The number of hydrogen-bond donors (Lipinski definition) is 2. The Hall–Kier alpha value is -2.95. The molecule has 4 aromatic rings. The van der Waals surface area contributed by atoms with Gasteiger partial charge in [0.05, 0.1) is 0 Å². The zero-order chi connectivity index (χ0) is 18.8. The van der Waals surface area contributed by atoms with E-state index in [-0.39, 0.29) is 11.0 Å². The average Bonchev–Trinajstić information content (AvgIpc) is 2.68. The van der Waals surface area contributed by atoms with Crippen LogP contribution in [0.15, 0.2) is 78.9 Å². The highest BCUT2D eigenvalue weighted by Gasteiger charge is 2.13. The Bertz CT molecular complexity index is 1180. The average molecular weight is 391 g/mol. The summed E-state index contributed by atoms with van der Waals surface area (Å²) in [5.41, 5.74) is 1.37. The number of benzene rings is 4. The van der Waals surface area contributed by atoms with Gasteiger partial charge in [0, 0.05) is 27.0 Å². The van der Waals surface area contributed by atoms with Crippen molar-refractivity contribution in [1.29, 1.82) is 0 Å². The maximum absolute atomic E-state index is 12.8. The monoisotopic (exact) mass is 390 g/mol. The Kier molecular flexibility index (Phi) is 4.75. The molecule has 2 N–H and O–H groups in total. The maximum atomic E-state index is 12.8. The van der Waals surface area contributed by atoms with Gasteiger partial charge < -0.3 is 5.32 Å². The van der Waals surface area contributed by atoms with Gasteiger partial charge in [-0.25, -0.2) is 0 Å². The lowest BCUT2D eigenvalue weighted by Gasteiger charge is -2.13. The molecule has 4 rings (SSSR count). The van der Waals surface area contributed by atoms with E-state index in [4.69, 9.17) is 23.8 Å². The van der Waals surface area contributed by atoms with Gasteiger partial charge in [-0.3, -0.25) is 10.1 Å². The SMILES string of the molecule is O=C(NC(=S)Nc1cccc2ccccc12)c1cccc2c(Cl)cccc12. The van der Waals surface area contributed by atoms with Gasteiger partial charge in [0.25, 0.3) is 5.91 Å². The van der Waals surface area contributed by atoms with E-state index < -0.39 is 0 Å². The van der Waals surface area contributed by atoms with Crippen LogP contribution in [0.25, 0.3) is 21.5 Å². The highest BCUT2D eigenvalue weighted by molar-refractivity contribution is 7.80. The summed E-state index contributed by atoms with van der Waals surface area (Å²) in [6.07, 6.45) is 0. The number of amides is 1. The van der Waals surface area contributed by atoms with Gasteiger partial charge >= 0.3 is 0 Å². The predicted octanol–water partition coefficient (Wildman–Crippen LogP) is 5.77. The number of carbonyl (C=O) groups is 1. The normalized spacial score (nSPS) is 10.7. The van der Waals surface area contributed by atoms with Crippen LogP contribution in [0.5, 0.6) is 0 Å². The van der Waals surface area contributed by atoms with Crippen molar-refractivity contribution in [3.8, 4) is 0 Å². The molecule has 132 valence electrons. The van der Waals surface area contributed by atoms with E-state index in [1.165, 1.54) is 0 Å². The van der Waals surface area contributed by atoms with E-state index in [2.05, 4.69) is 10.6 Å². The summed E-state index contributed by atoms with van der Waals surface area (Å²) in [4.78, 5) is 12.8. The number of carbonyl (C=O) groups excluding carboxylic acids is 1. The molecule has 0 unspecified atom stereocenters. The summed E-state index contributed by atoms with van der Waals surface area (Å²) in [5.74, 6) is -0.277. The Morgan fingerprint density at radius 3 is 2.33 bits per heavy atom. The number of halogens is 1. The Morgan fingerprint density at radius 2 is 1.44 bits per heavy atom. The van der Waals surface area contributed by atoms with E-state index in [1.54, 1.807) is 12.1 Å². The first kappa shape index (κ1) is 17.5. The van der Waals surface area contributed by atoms with Crippen LogP contribution in [0.2, 0.25) is 5.02 Å². The van der Waals surface area contributed by atoms with E-state index in [0.717, 1.165) is 27.2 Å². The second-order valence-electron chi connectivity index (χ2n) is 6.08. The molecule has 0 aromatic heterocycles. The van der Waals surface area contributed by atoms with E-state index in [0.29, 0.717) is 10.6 Å². The van der Waals surface area contributed by atoms with Crippen molar-refractivity contribution in [2.45, 2.75) is 0 Å². The summed E-state index contributed by atoms with van der Waals surface area (Å²) >= 11 is 11.6. The standard InChI is InChI=1S/C22H15ClN2OS/c23-19-12-5-9-16-17(19)10-4-11-18(16)21(26)25-22(27)24-20-13-3-7-14-6-1-2-8-15(14)20/h1-13H,(H2,24,25,26,27). The second kappa shape index (κ2) is 7.35. The molecule has 0 aliphatic rings. The number of hydrogen-bond acceptors (Lipinski definition) is 2. The molecule has 5 heteroatoms. The Balaban J connectivity index is 1.58. The maximum Gasteiger partial charge on any atom is 0.258 e. The minimum atomic E-state index is -0.277. The zero-order valence-corrected chi connectivity index (χ0v) is 15.8. The van der Waals surface area contributed by atoms with Crippen molar-refractivity contribution in [1.82, 2.24) is 5.32 Å². The first-order chi connectivity index (χ1) is 13.1. The fourth-order valence-corrected chi connectivity index (χ4v) is 3.57. The lowest BCUT2D eigenvalue weighted by molar-refractivity contribution is 0.0979. The summed E-state index contributed by atoms with van der Waals surface area (Å²) in [6.45, 7) is 0. The lowest BCUT2D eigenvalue weighted by Crippen LogP contribution is -2.34. The van der Waals surface area contributed by atoms with Gasteiger partial charge in [-0.15, -0.1) is 0 Å². The first-order valence-corrected chi connectivity index (χ1v) is 9.19. The fourth-order valence-electron chi connectivity index (χ4n) is 3.13. The van der Waals surface area contributed by atoms with E-state index >= 15 is 0 Å². The van der Waals surface area contributed by atoms with Gasteiger partial charge in [-0.05, 0) is 41.2 Å². The van der Waals surface area contributed by atoms with Crippen LogP contribution in [0.3, 0.4) is 0 Å². The summed E-state index contributed by atoms with van der Waals surface area (Å²) in [7, 11) is 0. The third-order valence-electron chi connectivity index (χ3n) is 4.38. The molecule has 0 bridgehead atoms. The molecule has 4 aromatic carbocycles. The van der Waals surface area contributed by atoms with Gasteiger partial charge in [0.2, 0.25) is 0 Å². The number of nitrogens with one attached hydrogen (secondary N) is 2. The van der Waals surface area contributed by atoms with Crippen LogP contribution in [-0.2, 0) is 0 Å². The predicted molar refractivity (Wildman–Crippen MR) is 117 cm³/mol. The molecule has 0 saturated heterocycles. The molecule has 1 amide bonds. The van der Waals surface area contributed by atoms with Crippen molar-refractivity contribution in [2.24, 2.45) is 0 Å². The van der Waals surface area contributed by atoms with Crippen molar-refractivity contribution in [2.75, 3.05) is 5.32 Å². The van der Waals surface area contributed by atoms with Gasteiger partial charge in [-0.1, -0.05) is 72.3 Å². The van der Waals surface area contributed by atoms with Crippen LogP contribution in [0, 0.1) is 0 Å². The van der Waals surface area contributed by atoms with Crippen LogP contribution in [0.4, 0.5) is 5.69 Å². The van der Waals surface area contributed by atoms with Gasteiger partial charge in [-0.2, -0.15) is 0 Å². The molecule has 0 saturated carbocycles. The van der Waals surface area contributed by atoms with Crippen LogP contribution in [-0.4, -0.2) is 11.0 Å². The third-order valence-corrected chi connectivity index (χ3v) is 4.91. The molecule has 0 heterocycles. The number of rotatable bonds is 2. The number of anilines is 1. The van der Waals surface area contributed by atoms with Crippen molar-refractivity contribution in [3.63, 3.8) is 0 Å². The van der Waals surface area contributed by atoms with Crippen LogP contribution < -0.4 is 10.6 Å². The fraction of sp³-hybridized carbons (Fsp3) is 0. The smallest absolute Gasteiger partial charge is 0.258 e. The van der Waals surface area contributed by atoms with E-state index in [1.807, 2.05) is 66.7 Å². The first-order valence-electron chi connectivity index (χ1n) is 8.41. The third kappa shape index (κ3) is 3.50. The molecule has 0 aliphatic carbocycles. The van der Waals surface area contributed by atoms with Gasteiger partial charge in [0.15, 0.2) is 5.11 Å². The summed E-state index contributed by atoms with van der Waals surface area (Å²) in [5, 5.41) is 10.5. The molecular formula is C22H15ClN2OS. The van der Waals surface area contributed by atoms with Crippen molar-refractivity contribution in [3.05, 3.63) is 89.4 Å². The molecule has 0 radical (unpaired) electrons. The highest BCUT2D eigenvalue weighted by Crippen LogP contribution is 2.26. The molecule has 0 fully saturated rings. The Labute approximate surface area is 167 Å². The molecular weight excluding hydrogens is 376 g/mol. The summed E-state index contributed by atoms with van der Waals surface area (Å²) in [6, 6.07) is 24.9. The largest absolute Gasteiger partial charge is 0.332 e. The Morgan fingerprint density at radius 1 is 0.778 bits per heavy atom. The second-order valence-corrected chi connectivity index (χ2v) is 6.89. The quantitative estimate of drug-likeness (QED) is 0.427. The van der Waals surface area contributed by atoms with Crippen LogP contribution in [0.1, 0.15) is 10.4 Å².